The number of anilines is 1. The summed E-state index contributed by atoms with van der Waals surface area (Å²) in [4.78, 5) is 4.20. The Labute approximate surface area is 96.1 Å². The number of hydrogen-bond acceptors (Lipinski definition) is 2. The molecule has 0 saturated heterocycles. The van der Waals surface area contributed by atoms with Crippen LogP contribution in [0.2, 0.25) is 5.02 Å². The Balaban J connectivity index is 1.75. The molecule has 0 aliphatic heterocycles. The maximum atomic E-state index is 5.99. The molecule has 1 N–H and O–H groups in total. The molecule has 1 heterocycles. The highest BCUT2D eigenvalue weighted by atomic mass is 35.5. The van der Waals surface area contributed by atoms with Gasteiger partial charge in [-0.15, -0.1) is 0 Å². The van der Waals surface area contributed by atoms with Crippen LogP contribution < -0.4 is 5.32 Å². The van der Waals surface area contributed by atoms with Crippen molar-refractivity contribution in [3.8, 4) is 0 Å². The zero-order valence-corrected chi connectivity index (χ0v) is 9.63. The van der Waals surface area contributed by atoms with E-state index in [1.54, 1.807) is 6.20 Å². The number of hydrogen-bond donors (Lipinski definition) is 1. The molecule has 82 valence electrons. The highest BCUT2D eigenvalue weighted by molar-refractivity contribution is 6.32. The largest absolute Gasteiger partial charge is 0.369 e. The molecule has 1 aromatic heterocycles. The second-order valence-corrected chi connectivity index (χ2v) is 4.61. The number of nitrogens with zero attached hydrogens (tertiary/aromatic N) is 1. The molecule has 2 nitrogen and oxygen atoms in total. The van der Waals surface area contributed by atoms with Gasteiger partial charge in [-0.25, -0.2) is 4.98 Å². The van der Waals surface area contributed by atoms with Gasteiger partial charge in [0.1, 0.15) is 5.82 Å². The number of pyridine rings is 1. The smallest absolute Gasteiger partial charge is 0.144 e. The van der Waals surface area contributed by atoms with Crippen molar-refractivity contribution in [3.05, 3.63) is 23.4 Å². The third-order valence-electron chi connectivity index (χ3n) is 3.08. The molecule has 0 spiro atoms. The average molecular weight is 225 g/mol. The van der Waals surface area contributed by atoms with Crippen molar-refractivity contribution in [1.82, 2.24) is 4.98 Å². The molecule has 2 rings (SSSR count). The van der Waals surface area contributed by atoms with E-state index in [0.717, 1.165) is 18.3 Å². The van der Waals surface area contributed by atoms with Crippen molar-refractivity contribution >= 4 is 17.4 Å². The number of nitrogens with one attached hydrogen (secondary N) is 1. The van der Waals surface area contributed by atoms with Crippen LogP contribution in [0.4, 0.5) is 5.82 Å². The monoisotopic (exact) mass is 224 g/mol. The molecular weight excluding hydrogens is 208 g/mol. The fourth-order valence-corrected chi connectivity index (χ4v) is 2.40. The van der Waals surface area contributed by atoms with Gasteiger partial charge in [-0.05, 0) is 24.5 Å². The highest BCUT2D eigenvalue weighted by Crippen LogP contribution is 2.27. The van der Waals surface area contributed by atoms with E-state index < -0.39 is 0 Å². The van der Waals surface area contributed by atoms with Crippen LogP contribution in [-0.4, -0.2) is 11.5 Å². The minimum Gasteiger partial charge on any atom is -0.369 e. The lowest BCUT2D eigenvalue weighted by molar-refractivity contribution is 0.518. The van der Waals surface area contributed by atoms with E-state index in [0.29, 0.717) is 5.02 Å². The first-order valence-corrected chi connectivity index (χ1v) is 6.08. The molecule has 0 aromatic carbocycles. The molecule has 0 radical (unpaired) electrons. The van der Waals surface area contributed by atoms with E-state index in [-0.39, 0.29) is 0 Å². The Morgan fingerprint density at radius 2 is 2.20 bits per heavy atom. The van der Waals surface area contributed by atoms with Crippen molar-refractivity contribution in [2.24, 2.45) is 5.92 Å². The van der Waals surface area contributed by atoms with Crippen molar-refractivity contribution in [1.29, 1.82) is 0 Å². The van der Waals surface area contributed by atoms with Crippen LogP contribution in [0.25, 0.3) is 0 Å². The SMILES string of the molecule is Clc1cccnc1NCCC1CCCC1. The normalized spacial score (nSPS) is 16.9. The van der Waals surface area contributed by atoms with Gasteiger partial charge in [0.25, 0.3) is 0 Å². The number of rotatable bonds is 4. The first-order chi connectivity index (χ1) is 7.36. The summed E-state index contributed by atoms with van der Waals surface area (Å²) in [6.07, 6.45) is 8.63. The minimum atomic E-state index is 0.712. The first-order valence-electron chi connectivity index (χ1n) is 5.70. The van der Waals surface area contributed by atoms with Gasteiger partial charge in [-0.3, -0.25) is 0 Å². The molecule has 1 aliphatic carbocycles. The zero-order chi connectivity index (χ0) is 10.5. The van der Waals surface area contributed by atoms with Gasteiger partial charge in [0.15, 0.2) is 0 Å². The maximum Gasteiger partial charge on any atom is 0.144 e. The Kier molecular flexibility index (Phi) is 3.84. The predicted octanol–water partition coefficient (Wildman–Crippen LogP) is 3.73. The topological polar surface area (TPSA) is 24.9 Å². The molecule has 0 bridgehead atoms. The molecule has 1 fully saturated rings. The summed E-state index contributed by atoms with van der Waals surface area (Å²) in [6, 6.07) is 3.72. The van der Waals surface area contributed by atoms with Crippen molar-refractivity contribution in [3.63, 3.8) is 0 Å². The van der Waals surface area contributed by atoms with Crippen LogP contribution in [0.3, 0.4) is 0 Å². The standard InChI is InChI=1S/C12H17ClN2/c13-11-6-3-8-14-12(11)15-9-7-10-4-1-2-5-10/h3,6,8,10H,1-2,4-5,7,9H2,(H,14,15). The second-order valence-electron chi connectivity index (χ2n) is 4.20. The summed E-state index contributed by atoms with van der Waals surface area (Å²) in [5.74, 6) is 1.73. The molecule has 0 amide bonds. The van der Waals surface area contributed by atoms with E-state index in [4.69, 9.17) is 11.6 Å². The second kappa shape index (κ2) is 5.36. The molecule has 0 atom stereocenters. The molecule has 1 aliphatic rings. The van der Waals surface area contributed by atoms with Crippen LogP contribution in [0.5, 0.6) is 0 Å². The third-order valence-corrected chi connectivity index (χ3v) is 3.38. The Bertz CT molecular complexity index is 308. The predicted molar refractivity (Wildman–Crippen MR) is 64.3 cm³/mol. The van der Waals surface area contributed by atoms with Crippen molar-refractivity contribution in [2.45, 2.75) is 32.1 Å². The fraction of sp³-hybridized carbons (Fsp3) is 0.583. The fourth-order valence-electron chi connectivity index (χ4n) is 2.21. The van der Waals surface area contributed by atoms with E-state index in [2.05, 4.69) is 10.3 Å². The summed E-state index contributed by atoms with van der Waals surface area (Å²) >= 11 is 5.99. The zero-order valence-electron chi connectivity index (χ0n) is 8.88. The van der Waals surface area contributed by atoms with Gasteiger partial charge >= 0.3 is 0 Å². The number of halogens is 1. The van der Waals surface area contributed by atoms with Gasteiger partial charge in [0, 0.05) is 12.7 Å². The van der Waals surface area contributed by atoms with Crippen LogP contribution in [0.15, 0.2) is 18.3 Å². The molecule has 0 unspecified atom stereocenters. The van der Waals surface area contributed by atoms with E-state index >= 15 is 0 Å². The Hall–Kier alpha value is -0.760. The van der Waals surface area contributed by atoms with Gasteiger partial charge in [0.2, 0.25) is 0 Å². The molecule has 3 heteroatoms. The van der Waals surface area contributed by atoms with Gasteiger partial charge < -0.3 is 5.32 Å². The molecule has 15 heavy (non-hydrogen) atoms. The van der Waals surface area contributed by atoms with Crippen LogP contribution in [-0.2, 0) is 0 Å². The van der Waals surface area contributed by atoms with E-state index in [1.807, 2.05) is 12.1 Å². The van der Waals surface area contributed by atoms with Crippen LogP contribution in [0.1, 0.15) is 32.1 Å². The molecular formula is C12H17ClN2. The lowest BCUT2D eigenvalue weighted by atomic mass is 10.0. The summed E-state index contributed by atoms with van der Waals surface area (Å²) in [6.45, 7) is 0.987. The molecule has 1 aromatic rings. The van der Waals surface area contributed by atoms with E-state index in [9.17, 15) is 0 Å². The summed E-state index contributed by atoms with van der Waals surface area (Å²) in [5.41, 5.74) is 0. The first kappa shape index (κ1) is 10.7. The highest BCUT2D eigenvalue weighted by Gasteiger charge is 2.14. The van der Waals surface area contributed by atoms with Gasteiger partial charge in [-0.1, -0.05) is 37.3 Å². The van der Waals surface area contributed by atoms with Gasteiger partial charge in [-0.2, -0.15) is 0 Å². The summed E-state index contributed by atoms with van der Waals surface area (Å²) in [5, 5.41) is 4.01. The maximum absolute atomic E-state index is 5.99. The average Bonchev–Trinajstić information content (AvgIpc) is 2.74. The third kappa shape index (κ3) is 3.10. The van der Waals surface area contributed by atoms with Crippen molar-refractivity contribution < 1.29 is 0 Å². The minimum absolute atomic E-state index is 0.712. The molecule has 1 saturated carbocycles. The van der Waals surface area contributed by atoms with E-state index in [1.165, 1.54) is 32.1 Å². The van der Waals surface area contributed by atoms with Crippen LogP contribution >= 0.6 is 11.6 Å². The quantitative estimate of drug-likeness (QED) is 0.843. The lowest BCUT2D eigenvalue weighted by Crippen LogP contribution is -2.07. The van der Waals surface area contributed by atoms with Gasteiger partial charge in [0.05, 0.1) is 5.02 Å². The van der Waals surface area contributed by atoms with Crippen LogP contribution in [0, 0.1) is 5.92 Å². The number of aromatic nitrogens is 1. The Morgan fingerprint density at radius 1 is 1.40 bits per heavy atom. The Morgan fingerprint density at radius 3 is 2.93 bits per heavy atom. The lowest BCUT2D eigenvalue weighted by Gasteiger charge is -2.10. The summed E-state index contributed by atoms with van der Waals surface area (Å²) in [7, 11) is 0. The van der Waals surface area contributed by atoms with Crippen molar-refractivity contribution in [2.75, 3.05) is 11.9 Å². The summed E-state index contributed by atoms with van der Waals surface area (Å²) < 4.78 is 0.